The lowest BCUT2D eigenvalue weighted by Crippen LogP contribution is -2.13. The predicted octanol–water partition coefficient (Wildman–Crippen LogP) is 3.22. The minimum absolute atomic E-state index is 0.0876. The van der Waals surface area contributed by atoms with Gasteiger partial charge in [0.15, 0.2) is 0 Å². The molecule has 0 amide bonds. The van der Waals surface area contributed by atoms with E-state index in [2.05, 4.69) is 0 Å². The van der Waals surface area contributed by atoms with E-state index in [1.165, 1.54) is 0 Å². The number of rotatable bonds is 5. The Morgan fingerprint density at radius 1 is 1.05 bits per heavy atom. The summed E-state index contributed by atoms with van der Waals surface area (Å²) >= 11 is 0. The largest absolute Gasteiger partial charge is 0.481 e. The molecule has 0 spiro atoms. The molecule has 0 fully saturated rings. The first-order valence-electron chi connectivity index (χ1n) is 6.30. The zero-order chi connectivity index (χ0) is 13.7. The number of carboxylic acids is 1. The Morgan fingerprint density at radius 3 is 2.37 bits per heavy atom. The molecule has 3 nitrogen and oxygen atoms in total. The van der Waals surface area contributed by atoms with Crippen molar-refractivity contribution in [2.24, 2.45) is 5.73 Å². The quantitative estimate of drug-likeness (QED) is 0.862. The summed E-state index contributed by atoms with van der Waals surface area (Å²) in [5, 5.41) is 8.74. The predicted molar refractivity (Wildman–Crippen MR) is 75.7 cm³/mol. The second-order valence-corrected chi connectivity index (χ2v) is 4.49. The van der Waals surface area contributed by atoms with Gasteiger partial charge in [0.25, 0.3) is 0 Å². The van der Waals surface area contributed by atoms with E-state index in [1.807, 2.05) is 54.6 Å². The van der Waals surface area contributed by atoms with Crippen LogP contribution in [0.1, 0.15) is 24.4 Å². The van der Waals surface area contributed by atoms with Crippen LogP contribution in [0.25, 0.3) is 11.1 Å². The summed E-state index contributed by atoms with van der Waals surface area (Å²) in [6.45, 7) is 0. The molecule has 2 aromatic carbocycles. The number of carbonyl (C=O) groups is 1. The van der Waals surface area contributed by atoms with Crippen LogP contribution in [-0.4, -0.2) is 11.1 Å². The molecule has 0 saturated heterocycles. The van der Waals surface area contributed by atoms with Gasteiger partial charge in [0.1, 0.15) is 0 Å². The molecule has 3 N–H and O–H groups in total. The lowest BCUT2D eigenvalue weighted by atomic mass is 9.93. The zero-order valence-electron chi connectivity index (χ0n) is 10.6. The molecule has 19 heavy (non-hydrogen) atoms. The normalized spacial score (nSPS) is 12.1. The van der Waals surface area contributed by atoms with Crippen LogP contribution in [0, 0.1) is 0 Å². The Hall–Kier alpha value is -2.13. The van der Waals surface area contributed by atoms with E-state index in [1.54, 1.807) is 0 Å². The molecule has 0 aliphatic heterocycles. The topological polar surface area (TPSA) is 63.3 Å². The summed E-state index contributed by atoms with van der Waals surface area (Å²) in [5.41, 5.74) is 9.28. The van der Waals surface area contributed by atoms with Crippen LogP contribution in [0.3, 0.4) is 0 Å². The van der Waals surface area contributed by atoms with E-state index in [0.29, 0.717) is 6.42 Å². The number of nitrogens with two attached hydrogens (primary N) is 1. The van der Waals surface area contributed by atoms with Gasteiger partial charge in [0.05, 0.1) is 0 Å². The van der Waals surface area contributed by atoms with Crippen LogP contribution in [0.15, 0.2) is 54.6 Å². The van der Waals surface area contributed by atoms with E-state index in [4.69, 9.17) is 10.8 Å². The summed E-state index contributed by atoms with van der Waals surface area (Å²) in [5.74, 6) is -0.812. The highest BCUT2D eigenvalue weighted by Crippen LogP contribution is 2.28. The van der Waals surface area contributed by atoms with Crippen LogP contribution in [-0.2, 0) is 4.79 Å². The molecule has 0 bridgehead atoms. The Bertz CT molecular complexity index is 552. The fourth-order valence-corrected chi connectivity index (χ4v) is 2.14. The Morgan fingerprint density at radius 2 is 1.68 bits per heavy atom. The molecule has 0 saturated carbocycles. The maximum Gasteiger partial charge on any atom is 0.303 e. The minimum Gasteiger partial charge on any atom is -0.481 e. The lowest BCUT2D eigenvalue weighted by Gasteiger charge is -2.16. The van der Waals surface area contributed by atoms with Crippen molar-refractivity contribution >= 4 is 5.97 Å². The second kappa shape index (κ2) is 6.16. The molecule has 1 atom stereocenters. The average Bonchev–Trinajstić information content (AvgIpc) is 2.45. The highest BCUT2D eigenvalue weighted by molar-refractivity contribution is 5.69. The van der Waals surface area contributed by atoms with Crippen LogP contribution >= 0.6 is 0 Å². The first-order chi connectivity index (χ1) is 9.18. The van der Waals surface area contributed by atoms with E-state index in [9.17, 15) is 4.79 Å². The van der Waals surface area contributed by atoms with Crippen molar-refractivity contribution in [3.05, 3.63) is 60.2 Å². The minimum atomic E-state index is -0.812. The van der Waals surface area contributed by atoms with Crippen LogP contribution in [0.2, 0.25) is 0 Å². The van der Waals surface area contributed by atoms with Gasteiger partial charge in [0.2, 0.25) is 0 Å². The fourth-order valence-electron chi connectivity index (χ4n) is 2.14. The van der Waals surface area contributed by atoms with Crippen molar-refractivity contribution in [3.63, 3.8) is 0 Å². The van der Waals surface area contributed by atoms with Gasteiger partial charge in [-0.25, -0.2) is 0 Å². The number of aliphatic carboxylic acids is 1. The average molecular weight is 255 g/mol. The van der Waals surface area contributed by atoms with Crippen LogP contribution in [0.5, 0.6) is 0 Å². The molecule has 0 aliphatic carbocycles. The summed E-state index contributed by atoms with van der Waals surface area (Å²) in [4.78, 5) is 10.6. The van der Waals surface area contributed by atoms with Gasteiger partial charge >= 0.3 is 5.97 Å². The summed E-state index contributed by atoms with van der Waals surface area (Å²) < 4.78 is 0. The van der Waals surface area contributed by atoms with Crippen LogP contribution < -0.4 is 5.73 Å². The highest BCUT2D eigenvalue weighted by atomic mass is 16.4. The van der Waals surface area contributed by atoms with Crippen molar-refractivity contribution in [1.29, 1.82) is 0 Å². The van der Waals surface area contributed by atoms with Gasteiger partial charge in [-0.15, -0.1) is 0 Å². The highest BCUT2D eigenvalue weighted by Gasteiger charge is 2.13. The fraction of sp³-hybridized carbons (Fsp3) is 0.188. The molecular formula is C16H17NO2. The van der Waals surface area contributed by atoms with Crippen molar-refractivity contribution in [1.82, 2.24) is 0 Å². The zero-order valence-corrected chi connectivity index (χ0v) is 10.6. The van der Waals surface area contributed by atoms with Gasteiger partial charge in [-0.2, -0.15) is 0 Å². The van der Waals surface area contributed by atoms with Crippen molar-refractivity contribution in [3.8, 4) is 11.1 Å². The molecule has 1 unspecified atom stereocenters. The number of benzene rings is 2. The van der Waals surface area contributed by atoms with Crippen molar-refractivity contribution in [2.75, 3.05) is 0 Å². The van der Waals surface area contributed by atoms with Crippen LogP contribution in [0.4, 0.5) is 0 Å². The summed E-state index contributed by atoms with van der Waals surface area (Å²) in [7, 11) is 0. The lowest BCUT2D eigenvalue weighted by molar-refractivity contribution is -0.137. The number of hydrogen-bond donors (Lipinski definition) is 2. The Labute approximate surface area is 112 Å². The molecule has 0 aliphatic rings. The standard InChI is InChI=1S/C16H17NO2/c17-15(10-11-16(18)19)14-9-5-4-8-13(14)12-6-2-1-3-7-12/h1-9,15H,10-11,17H2,(H,18,19). The first kappa shape index (κ1) is 13.3. The second-order valence-electron chi connectivity index (χ2n) is 4.49. The van der Waals surface area contributed by atoms with E-state index < -0.39 is 5.97 Å². The van der Waals surface area contributed by atoms with Gasteiger partial charge in [-0.1, -0.05) is 54.6 Å². The van der Waals surface area contributed by atoms with Gasteiger partial charge in [0, 0.05) is 12.5 Å². The number of hydrogen-bond acceptors (Lipinski definition) is 2. The molecule has 0 radical (unpaired) electrons. The summed E-state index contributed by atoms with van der Waals surface area (Å²) in [6, 6.07) is 17.6. The Kier molecular flexibility index (Phi) is 4.31. The molecule has 2 aromatic rings. The third-order valence-electron chi connectivity index (χ3n) is 3.11. The third kappa shape index (κ3) is 3.42. The third-order valence-corrected chi connectivity index (χ3v) is 3.11. The Balaban J connectivity index is 2.28. The van der Waals surface area contributed by atoms with Crippen molar-refractivity contribution in [2.45, 2.75) is 18.9 Å². The molecule has 0 heterocycles. The number of carboxylic acid groups (broad SMARTS) is 1. The maximum atomic E-state index is 10.6. The van der Waals surface area contributed by atoms with Crippen molar-refractivity contribution < 1.29 is 9.90 Å². The SMILES string of the molecule is NC(CCC(=O)O)c1ccccc1-c1ccccc1. The summed E-state index contributed by atoms with van der Waals surface area (Å²) in [6.07, 6.45) is 0.531. The molecule has 2 rings (SSSR count). The molecule has 98 valence electrons. The van der Waals surface area contributed by atoms with E-state index in [-0.39, 0.29) is 12.5 Å². The first-order valence-corrected chi connectivity index (χ1v) is 6.30. The molecule has 3 heteroatoms. The monoisotopic (exact) mass is 255 g/mol. The van der Waals surface area contributed by atoms with Gasteiger partial charge in [-0.05, 0) is 23.1 Å². The van der Waals surface area contributed by atoms with E-state index >= 15 is 0 Å². The maximum absolute atomic E-state index is 10.6. The molecule has 0 aromatic heterocycles. The molecular weight excluding hydrogens is 238 g/mol. The van der Waals surface area contributed by atoms with Gasteiger partial charge in [-0.3, -0.25) is 4.79 Å². The smallest absolute Gasteiger partial charge is 0.303 e. The van der Waals surface area contributed by atoms with Gasteiger partial charge < -0.3 is 10.8 Å². The van der Waals surface area contributed by atoms with E-state index in [0.717, 1.165) is 16.7 Å².